The van der Waals surface area contributed by atoms with E-state index in [9.17, 15) is 21.6 Å². The average molecular weight is 322 g/mol. The van der Waals surface area contributed by atoms with Crippen molar-refractivity contribution in [2.45, 2.75) is 31.6 Å². The summed E-state index contributed by atoms with van der Waals surface area (Å²) in [6.45, 7) is 3.64. The number of alkyl halides is 3. The van der Waals surface area contributed by atoms with Gasteiger partial charge in [-0.15, -0.1) is 0 Å². The largest absolute Gasteiger partial charge is 0.441 e. The highest BCUT2D eigenvalue weighted by atomic mass is 32.2. The molecule has 0 unspecified atom stereocenters. The summed E-state index contributed by atoms with van der Waals surface area (Å²) in [5.74, 6) is -0.349. The normalized spacial score (nSPS) is 26.6. The smallest absolute Gasteiger partial charge is 0.373 e. The Bertz CT molecular complexity index is 379. The fraction of sp³-hybridized carbons (Fsp3) is 1.00. The Kier molecular flexibility index (Phi) is 5.93. The minimum Gasteiger partial charge on any atom is -0.373 e. The van der Waals surface area contributed by atoms with E-state index >= 15 is 0 Å². The van der Waals surface area contributed by atoms with Gasteiger partial charge in [-0.2, -0.15) is 25.9 Å². The Labute approximate surface area is 115 Å². The van der Waals surface area contributed by atoms with Crippen LogP contribution in [0.25, 0.3) is 0 Å². The minimum atomic E-state index is -4.34. The zero-order valence-corrected chi connectivity index (χ0v) is 12.2. The molecule has 2 atom stereocenters. The first-order valence-corrected chi connectivity index (χ1v) is 8.13. The Balaban J connectivity index is 2.43. The van der Waals surface area contributed by atoms with Gasteiger partial charge in [-0.05, 0) is 25.6 Å². The average Bonchev–Trinajstić information content (AvgIpc) is 2.22. The number of rotatable bonds is 5. The van der Waals surface area contributed by atoms with E-state index < -0.39 is 15.7 Å². The molecule has 1 N–H and O–H groups in total. The van der Waals surface area contributed by atoms with E-state index in [-0.39, 0.29) is 49.4 Å². The molecule has 0 aromatic rings. The van der Waals surface area contributed by atoms with Crippen LogP contribution in [0.15, 0.2) is 0 Å². The van der Waals surface area contributed by atoms with Crippen LogP contribution in [0.5, 0.6) is 0 Å². The lowest BCUT2D eigenvalue weighted by molar-refractivity contribution is -0.0443. The SMILES string of the molecule is C[C@H]1CN(S(=O)(=O)NCCSC(F)(F)F)C[C@H](C)O1. The second-order valence-corrected chi connectivity index (χ2v) is 7.18. The third kappa shape index (κ3) is 6.30. The summed E-state index contributed by atoms with van der Waals surface area (Å²) in [6.07, 6.45) is -0.463. The van der Waals surface area contributed by atoms with E-state index in [4.69, 9.17) is 4.74 Å². The quantitative estimate of drug-likeness (QED) is 0.772. The molecular weight excluding hydrogens is 305 g/mol. The number of ether oxygens (including phenoxy) is 1. The molecule has 0 amide bonds. The molecule has 0 spiro atoms. The molecule has 10 heteroatoms. The minimum absolute atomic E-state index is 0.200. The van der Waals surface area contributed by atoms with E-state index in [1.54, 1.807) is 13.8 Å². The third-order valence-electron chi connectivity index (χ3n) is 2.38. The second kappa shape index (κ2) is 6.61. The number of hydrogen-bond donors (Lipinski definition) is 1. The lowest BCUT2D eigenvalue weighted by Crippen LogP contribution is -2.52. The maximum atomic E-state index is 11.9. The van der Waals surface area contributed by atoms with Gasteiger partial charge in [0.2, 0.25) is 0 Å². The van der Waals surface area contributed by atoms with Gasteiger partial charge < -0.3 is 4.74 Å². The van der Waals surface area contributed by atoms with Gasteiger partial charge in [0.15, 0.2) is 0 Å². The van der Waals surface area contributed by atoms with Gasteiger partial charge in [-0.1, -0.05) is 0 Å². The summed E-state index contributed by atoms with van der Waals surface area (Å²) >= 11 is -0.248. The van der Waals surface area contributed by atoms with Gasteiger partial charge in [-0.3, -0.25) is 0 Å². The van der Waals surface area contributed by atoms with E-state index in [1.165, 1.54) is 4.31 Å². The maximum absolute atomic E-state index is 11.9. The number of nitrogens with zero attached hydrogens (tertiary/aromatic N) is 1. The zero-order chi connectivity index (χ0) is 14.7. The number of thioether (sulfide) groups is 1. The van der Waals surface area contributed by atoms with Crippen LogP contribution >= 0.6 is 11.8 Å². The van der Waals surface area contributed by atoms with Crippen LogP contribution in [0.2, 0.25) is 0 Å². The van der Waals surface area contributed by atoms with Crippen molar-refractivity contribution < 1.29 is 26.3 Å². The number of morpholine rings is 1. The molecule has 1 aliphatic rings. The molecule has 19 heavy (non-hydrogen) atoms. The lowest BCUT2D eigenvalue weighted by atomic mass is 10.3. The van der Waals surface area contributed by atoms with Crippen molar-refractivity contribution in [2.75, 3.05) is 25.4 Å². The highest BCUT2D eigenvalue weighted by Crippen LogP contribution is 2.29. The predicted molar refractivity (Wildman–Crippen MR) is 67.0 cm³/mol. The van der Waals surface area contributed by atoms with E-state index in [0.717, 1.165) is 0 Å². The summed E-state index contributed by atoms with van der Waals surface area (Å²) in [4.78, 5) is 0. The van der Waals surface area contributed by atoms with Crippen molar-refractivity contribution in [3.8, 4) is 0 Å². The van der Waals surface area contributed by atoms with Gasteiger partial charge >= 0.3 is 5.51 Å². The van der Waals surface area contributed by atoms with Gasteiger partial charge in [0.1, 0.15) is 0 Å². The van der Waals surface area contributed by atoms with Crippen LogP contribution < -0.4 is 4.72 Å². The topological polar surface area (TPSA) is 58.6 Å². The molecule has 114 valence electrons. The summed E-state index contributed by atoms with van der Waals surface area (Å²) in [6, 6.07) is 0. The van der Waals surface area contributed by atoms with E-state index in [0.29, 0.717) is 0 Å². The Morgan fingerprint density at radius 2 is 1.84 bits per heavy atom. The molecule has 0 bridgehead atoms. The molecule has 1 rings (SSSR count). The molecule has 1 saturated heterocycles. The molecule has 0 radical (unpaired) electrons. The van der Waals surface area contributed by atoms with Gasteiger partial charge in [0.05, 0.1) is 12.2 Å². The summed E-state index contributed by atoms with van der Waals surface area (Å²) in [5.41, 5.74) is -4.34. The van der Waals surface area contributed by atoms with E-state index in [1.807, 2.05) is 0 Å². The predicted octanol–water partition coefficient (Wildman–Crippen LogP) is 1.18. The highest BCUT2D eigenvalue weighted by Gasteiger charge is 2.31. The van der Waals surface area contributed by atoms with Crippen LogP contribution in [0.4, 0.5) is 13.2 Å². The summed E-state index contributed by atoms with van der Waals surface area (Å²) in [5, 5.41) is 0. The van der Waals surface area contributed by atoms with Crippen molar-refractivity contribution in [1.29, 1.82) is 0 Å². The van der Waals surface area contributed by atoms with Crippen LogP contribution in [0.3, 0.4) is 0 Å². The summed E-state index contributed by atoms with van der Waals surface area (Å²) in [7, 11) is -3.74. The molecule has 0 aromatic carbocycles. The maximum Gasteiger partial charge on any atom is 0.441 e. The Hall–Kier alpha value is -0.0300. The molecular formula is C9H17F3N2O3S2. The first kappa shape index (κ1) is 17.0. The van der Waals surface area contributed by atoms with Crippen LogP contribution in [0, 0.1) is 0 Å². The van der Waals surface area contributed by atoms with E-state index in [2.05, 4.69) is 4.72 Å². The van der Waals surface area contributed by atoms with Gasteiger partial charge in [-0.25, -0.2) is 4.72 Å². The summed E-state index contributed by atoms with van der Waals surface area (Å²) < 4.78 is 68.2. The second-order valence-electron chi connectivity index (χ2n) is 4.27. The fourth-order valence-corrected chi connectivity index (χ4v) is 3.68. The molecule has 1 fully saturated rings. The van der Waals surface area contributed by atoms with Crippen LogP contribution in [0.1, 0.15) is 13.8 Å². The van der Waals surface area contributed by atoms with Gasteiger partial charge in [0, 0.05) is 25.4 Å². The Morgan fingerprint density at radius 3 is 2.32 bits per heavy atom. The van der Waals surface area contributed by atoms with Crippen molar-refractivity contribution in [1.82, 2.24) is 9.03 Å². The van der Waals surface area contributed by atoms with Crippen LogP contribution in [-0.2, 0) is 14.9 Å². The molecule has 1 heterocycles. The van der Waals surface area contributed by atoms with Crippen LogP contribution in [-0.4, -0.2) is 55.8 Å². The van der Waals surface area contributed by atoms with Gasteiger partial charge in [0.25, 0.3) is 10.2 Å². The standard InChI is InChI=1S/C9H17F3N2O3S2/c1-7-5-14(6-8(2)17-7)19(15,16)13-3-4-18-9(10,11)12/h7-8,13H,3-6H2,1-2H3/t7-,8-/m0/s1. The first-order valence-electron chi connectivity index (χ1n) is 5.71. The molecule has 0 aromatic heterocycles. The molecule has 0 saturated carbocycles. The molecule has 1 aliphatic heterocycles. The van der Waals surface area contributed by atoms with Crippen molar-refractivity contribution in [2.24, 2.45) is 0 Å². The first-order chi connectivity index (χ1) is 8.60. The van der Waals surface area contributed by atoms with Crippen molar-refractivity contribution in [3.05, 3.63) is 0 Å². The fourth-order valence-electron chi connectivity index (χ4n) is 1.76. The molecule has 5 nitrogen and oxygen atoms in total. The molecule has 0 aliphatic carbocycles. The number of nitrogens with one attached hydrogen (secondary N) is 1. The lowest BCUT2D eigenvalue weighted by Gasteiger charge is -2.34. The van der Waals surface area contributed by atoms with Crippen molar-refractivity contribution >= 4 is 22.0 Å². The van der Waals surface area contributed by atoms with Crippen molar-refractivity contribution in [3.63, 3.8) is 0 Å². The monoisotopic (exact) mass is 322 g/mol. The third-order valence-corrected chi connectivity index (χ3v) is 4.66. The number of halogens is 3. The zero-order valence-electron chi connectivity index (χ0n) is 10.6. The number of hydrogen-bond acceptors (Lipinski definition) is 4. The Morgan fingerprint density at radius 1 is 1.32 bits per heavy atom. The highest BCUT2D eigenvalue weighted by molar-refractivity contribution is 8.00.